The molecule has 1 aromatic carbocycles. The van der Waals surface area contributed by atoms with Crippen LogP contribution in [0.2, 0.25) is 0 Å². The Kier molecular flexibility index (Phi) is 3.75. The van der Waals surface area contributed by atoms with E-state index in [2.05, 4.69) is 28.2 Å². The number of hydrogen-bond donors (Lipinski definition) is 2. The topological polar surface area (TPSA) is 32.3 Å². The summed E-state index contributed by atoms with van der Waals surface area (Å²) in [5.74, 6) is 0.358. The van der Waals surface area contributed by atoms with Crippen molar-refractivity contribution in [3.63, 3.8) is 0 Å². The lowest BCUT2D eigenvalue weighted by atomic mass is 10.1. The van der Waals surface area contributed by atoms with E-state index < -0.39 is 0 Å². The lowest BCUT2D eigenvalue weighted by Crippen LogP contribution is -2.23. The molecule has 0 amide bonds. The average molecular weight is 244 g/mol. The van der Waals surface area contributed by atoms with Gasteiger partial charge in [-0.25, -0.2) is 0 Å². The summed E-state index contributed by atoms with van der Waals surface area (Å²) in [5.41, 5.74) is 0.962. The fourth-order valence-corrected chi connectivity index (χ4v) is 1.68. The van der Waals surface area contributed by atoms with Gasteiger partial charge in [-0.05, 0) is 32.5 Å². The molecule has 1 unspecified atom stereocenters. The van der Waals surface area contributed by atoms with E-state index in [1.807, 2.05) is 19.2 Å². The third kappa shape index (κ3) is 2.71. The number of nitrogens with one attached hydrogen (secondary N) is 1. The van der Waals surface area contributed by atoms with Crippen LogP contribution in [0.1, 0.15) is 12.5 Å². The second-order valence-electron chi connectivity index (χ2n) is 3.13. The number of phenolic OH excluding ortho intramolecular Hbond substituents is 1. The largest absolute Gasteiger partial charge is 0.508 e. The molecule has 0 spiro atoms. The Hall–Kier alpha value is -0.540. The second-order valence-corrected chi connectivity index (χ2v) is 3.99. The van der Waals surface area contributed by atoms with E-state index in [-0.39, 0.29) is 0 Å². The summed E-state index contributed by atoms with van der Waals surface area (Å²) in [7, 11) is 1.92. The van der Waals surface area contributed by atoms with Gasteiger partial charge < -0.3 is 10.4 Å². The maximum absolute atomic E-state index is 9.58. The van der Waals surface area contributed by atoms with Gasteiger partial charge in [0.05, 0.1) is 0 Å². The Balaban J connectivity index is 2.87. The van der Waals surface area contributed by atoms with E-state index in [0.29, 0.717) is 11.8 Å². The molecule has 0 bridgehead atoms. The Labute approximate surface area is 87.1 Å². The quantitative estimate of drug-likeness (QED) is 0.855. The molecule has 0 saturated heterocycles. The Morgan fingerprint density at radius 1 is 1.54 bits per heavy atom. The highest BCUT2D eigenvalue weighted by molar-refractivity contribution is 9.10. The van der Waals surface area contributed by atoms with Gasteiger partial charge in [0.1, 0.15) is 5.75 Å². The third-order valence-electron chi connectivity index (χ3n) is 2.10. The van der Waals surface area contributed by atoms with Crippen LogP contribution < -0.4 is 5.32 Å². The van der Waals surface area contributed by atoms with Gasteiger partial charge in [0.25, 0.3) is 0 Å². The van der Waals surface area contributed by atoms with Crippen molar-refractivity contribution in [3.05, 3.63) is 28.2 Å². The highest BCUT2D eigenvalue weighted by Crippen LogP contribution is 2.26. The number of hydrogen-bond acceptors (Lipinski definition) is 2. The lowest BCUT2D eigenvalue weighted by molar-refractivity contribution is 0.462. The molecular formula is C10H14BrNO. The van der Waals surface area contributed by atoms with E-state index in [4.69, 9.17) is 0 Å². The van der Waals surface area contributed by atoms with Crippen LogP contribution in [-0.4, -0.2) is 18.2 Å². The molecule has 72 valence electrons. The highest BCUT2D eigenvalue weighted by Gasteiger charge is 2.08. The van der Waals surface area contributed by atoms with Crippen LogP contribution >= 0.6 is 15.9 Å². The standard InChI is InChI=1S/C10H14BrNO/c1-7(12-2)6-8-9(11)4-3-5-10(8)13/h3-5,7,12-13H,6H2,1-2H3. The molecule has 0 heterocycles. The fourth-order valence-electron chi connectivity index (χ4n) is 1.16. The Morgan fingerprint density at radius 2 is 2.23 bits per heavy atom. The summed E-state index contributed by atoms with van der Waals surface area (Å²) in [4.78, 5) is 0. The molecule has 3 heteroatoms. The first-order valence-electron chi connectivity index (χ1n) is 4.28. The number of halogens is 1. The summed E-state index contributed by atoms with van der Waals surface area (Å²) >= 11 is 3.42. The molecule has 0 aliphatic carbocycles. The van der Waals surface area contributed by atoms with Crippen molar-refractivity contribution >= 4 is 15.9 Å². The van der Waals surface area contributed by atoms with Crippen molar-refractivity contribution in [1.29, 1.82) is 0 Å². The molecule has 0 saturated carbocycles. The summed E-state index contributed by atoms with van der Waals surface area (Å²) in [6, 6.07) is 5.84. The molecule has 2 nitrogen and oxygen atoms in total. The van der Waals surface area contributed by atoms with Crippen LogP contribution in [0.3, 0.4) is 0 Å². The van der Waals surface area contributed by atoms with E-state index in [1.165, 1.54) is 0 Å². The molecule has 13 heavy (non-hydrogen) atoms. The predicted octanol–water partition coefficient (Wildman–Crippen LogP) is 2.31. The number of benzene rings is 1. The summed E-state index contributed by atoms with van der Waals surface area (Å²) in [6.45, 7) is 2.08. The number of aromatic hydroxyl groups is 1. The van der Waals surface area contributed by atoms with E-state index in [9.17, 15) is 5.11 Å². The maximum atomic E-state index is 9.58. The minimum absolute atomic E-state index is 0.358. The SMILES string of the molecule is CNC(C)Cc1c(O)cccc1Br. The van der Waals surface area contributed by atoms with E-state index in [1.54, 1.807) is 6.07 Å². The van der Waals surface area contributed by atoms with Crippen molar-refractivity contribution in [2.24, 2.45) is 0 Å². The Bertz CT molecular complexity index is 268. The summed E-state index contributed by atoms with van der Waals surface area (Å²) in [5, 5.41) is 12.7. The van der Waals surface area contributed by atoms with Crippen LogP contribution in [0.4, 0.5) is 0 Å². The van der Waals surface area contributed by atoms with Gasteiger partial charge in [0.2, 0.25) is 0 Å². The number of rotatable bonds is 3. The molecular weight excluding hydrogens is 230 g/mol. The molecule has 2 N–H and O–H groups in total. The van der Waals surface area contributed by atoms with Crippen LogP contribution in [0.25, 0.3) is 0 Å². The van der Waals surface area contributed by atoms with Crippen LogP contribution in [0.5, 0.6) is 5.75 Å². The van der Waals surface area contributed by atoms with Gasteiger partial charge in [0.15, 0.2) is 0 Å². The zero-order valence-electron chi connectivity index (χ0n) is 7.84. The Morgan fingerprint density at radius 3 is 2.77 bits per heavy atom. The van der Waals surface area contributed by atoms with Crippen molar-refractivity contribution in [2.45, 2.75) is 19.4 Å². The zero-order chi connectivity index (χ0) is 9.84. The van der Waals surface area contributed by atoms with Crippen LogP contribution in [0.15, 0.2) is 22.7 Å². The molecule has 1 aromatic rings. The minimum atomic E-state index is 0.358. The van der Waals surface area contributed by atoms with Crippen molar-refractivity contribution in [1.82, 2.24) is 5.32 Å². The molecule has 0 aromatic heterocycles. The van der Waals surface area contributed by atoms with Crippen molar-refractivity contribution < 1.29 is 5.11 Å². The normalized spacial score (nSPS) is 12.8. The molecule has 1 atom stereocenters. The first-order valence-corrected chi connectivity index (χ1v) is 5.08. The predicted molar refractivity (Wildman–Crippen MR) is 58.0 cm³/mol. The van der Waals surface area contributed by atoms with E-state index in [0.717, 1.165) is 16.5 Å². The molecule has 1 rings (SSSR count). The summed E-state index contributed by atoms with van der Waals surface area (Å²) < 4.78 is 0.967. The monoisotopic (exact) mass is 243 g/mol. The van der Waals surface area contributed by atoms with Gasteiger partial charge in [-0.3, -0.25) is 0 Å². The minimum Gasteiger partial charge on any atom is -0.508 e. The van der Waals surface area contributed by atoms with Crippen molar-refractivity contribution in [2.75, 3.05) is 7.05 Å². The van der Waals surface area contributed by atoms with Crippen LogP contribution in [0, 0.1) is 0 Å². The first kappa shape index (κ1) is 10.5. The van der Waals surface area contributed by atoms with Gasteiger partial charge in [-0.15, -0.1) is 0 Å². The third-order valence-corrected chi connectivity index (χ3v) is 2.84. The highest BCUT2D eigenvalue weighted by atomic mass is 79.9. The molecule has 0 radical (unpaired) electrons. The lowest BCUT2D eigenvalue weighted by Gasteiger charge is -2.12. The summed E-state index contributed by atoms with van der Waals surface area (Å²) in [6.07, 6.45) is 0.823. The second kappa shape index (κ2) is 4.63. The first-order chi connectivity index (χ1) is 6.15. The van der Waals surface area contributed by atoms with Gasteiger partial charge in [-0.2, -0.15) is 0 Å². The zero-order valence-corrected chi connectivity index (χ0v) is 9.43. The van der Waals surface area contributed by atoms with E-state index >= 15 is 0 Å². The number of phenols is 1. The fraction of sp³-hybridized carbons (Fsp3) is 0.400. The van der Waals surface area contributed by atoms with Crippen LogP contribution in [-0.2, 0) is 6.42 Å². The maximum Gasteiger partial charge on any atom is 0.119 e. The smallest absolute Gasteiger partial charge is 0.119 e. The van der Waals surface area contributed by atoms with Gasteiger partial charge >= 0.3 is 0 Å². The molecule has 0 aliphatic rings. The van der Waals surface area contributed by atoms with Gasteiger partial charge in [0, 0.05) is 16.1 Å². The average Bonchev–Trinajstić information content (AvgIpc) is 2.11. The van der Waals surface area contributed by atoms with Crippen molar-refractivity contribution in [3.8, 4) is 5.75 Å². The number of likely N-dealkylation sites (N-methyl/N-ethyl adjacent to an activating group) is 1. The molecule has 0 aliphatic heterocycles. The van der Waals surface area contributed by atoms with Gasteiger partial charge in [-0.1, -0.05) is 22.0 Å². The molecule has 0 fully saturated rings.